The standard InChI is InChI=1S/C17H23NO3/c1-12-5-13(2)7-14(6-12)15(19)18-8-17(9-18)10-20-16(3,4)21-11-17/h5-7H,8-11H2,1-4H3. The molecule has 0 bridgehead atoms. The number of likely N-dealkylation sites (tertiary alicyclic amines) is 1. The Morgan fingerprint density at radius 3 is 2.10 bits per heavy atom. The van der Waals surface area contributed by atoms with Crippen LogP contribution in [0.5, 0.6) is 0 Å². The van der Waals surface area contributed by atoms with Gasteiger partial charge in [-0.3, -0.25) is 4.79 Å². The van der Waals surface area contributed by atoms with Gasteiger partial charge in [-0.1, -0.05) is 17.2 Å². The fourth-order valence-electron chi connectivity index (χ4n) is 3.11. The molecule has 1 aromatic carbocycles. The molecule has 1 aromatic rings. The number of carbonyl (C=O) groups excluding carboxylic acids is 1. The smallest absolute Gasteiger partial charge is 0.253 e. The third kappa shape index (κ3) is 2.83. The van der Waals surface area contributed by atoms with E-state index >= 15 is 0 Å². The summed E-state index contributed by atoms with van der Waals surface area (Å²) in [6.07, 6.45) is 0. The molecule has 1 amide bonds. The van der Waals surface area contributed by atoms with Gasteiger partial charge in [0.1, 0.15) is 0 Å². The molecule has 0 atom stereocenters. The zero-order chi connectivity index (χ0) is 15.3. The Morgan fingerprint density at radius 1 is 1.05 bits per heavy atom. The number of benzene rings is 1. The van der Waals surface area contributed by atoms with Crippen molar-refractivity contribution in [2.24, 2.45) is 5.41 Å². The molecule has 0 unspecified atom stereocenters. The lowest BCUT2D eigenvalue weighted by Gasteiger charge is -2.54. The molecule has 0 saturated carbocycles. The van der Waals surface area contributed by atoms with E-state index in [0.717, 1.165) is 29.8 Å². The van der Waals surface area contributed by atoms with E-state index < -0.39 is 5.79 Å². The van der Waals surface area contributed by atoms with Gasteiger partial charge in [-0.05, 0) is 39.8 Å². The molecule has 4 heteroatoms. The zero-order valence-electron chi connectivity index (χ0n) is 13.2. The first-order chi connectivity index (χ1) is 9.79. The molecule has 21 heavy (non-hydrogen) atoms. The Hall–Kier alpha value is -1.39. The highest BCUT2D eigenvalue weighted by Gasteiger charge is 2.50. The van der Waals surface area contributed by atoms with Crippen LogP contribution in [0.25, 0.3) is 0 Å². The third-order valence-corrected chi connectivity index (χ3v) is 4.26. The maximum Gasteiger partial charge on any atom is 0.253 e. The lowest BCUT2D eigenvalue weighted by molar-refractivity contribution is -0.301. The first-order valence-electron chi connectivity index (χ1n) is 7.44. The number of hydrogen-bond donors (Lipinski definition) is 0. The van der Waals surface area contributed by atoms with Crippen LogP contribution in [0.15, 0.2) is 18.2 Å². The Morgan fingerprint density at radius 2 is 1.57 bits per heavy atom. The topological polar surface area (TPSA) is 38.8 Å². The molecule has 3 rings (SSSR count). The fourth-order valence-corrected chi connectivity index (χ4v) is 3.11. The highest BCUT2D eigenvalue weighted by Crippen LogP contribution is 2.38. The Labute approximate surface area is 126 Å². The van der Waals surface area contributed by atoms with Gasteiger partial charge in [-0.2, -0.15) is 0 Å². The largest absolute Gasteiger partial charge is 0.350 e. The summed E-state index contributed by atoms with van der Waals surface area (Å²) in [4.78, 5) is 14.4. The van der Waals surface area contributed by atoms with Gasteiger partial charge in [0.2, 0.25) is 0 Å². The molecular weight excluding hydrogens is 266 g/mol. The Balaban J connectivity index is 1.65. The number of rotatable bonds is 1. The van der Waals surface area contributed by atoms with Gasteiger partial charge in [0.15, 0.2) is 5.79 Å². The van der Waals surface area contributed by atoms with Crippen LogP contribution in [0.1, 0.15) is 35.3 Å². The number of ether oxygens (including phenoxy) is 2. The molecule has 2 heterocycles. The highest BCUT2D eigenvalue weighted by atomic mass is 16.7. The number of amides is 1. The maximum absolute atomic E-state index is 12.5. The average molecular weight is 289 g/mol. The van der Waals surface area contributed by atoms with Crippen LogP contribution in [0.4, 0.5) is 0 Å². The minimum absolute atomic E-state index is 0.00987. The van der Waals surface area contributed by atoms with E-state index in [1.54, 1.807) is 0 Å². The van der Waals surface area contributed by atoms with Gasteiger partial charge >= 0.3 is 0 Å². The molecule has 2 aliphatic heterocycles. The molecule has 0 N–H and O–H groups in total. The first kappa shape index (κ1) is 14.5. The van der Waals surface area contributed by atoms with E-state index in [4.69, 9.17) is 9.47 Å². The highest BCUT2D eigenvalue weighted by molar-refractivity contribution is 5.95. The van der Waals surface area contributed by atoms with Crippen molar-refractivity contribution in [3.63, 3.8) is 0 Å². The normalized spacial score (nSPS) is 23.0. The minimum Gasteiger partial charge on any atom is -0.350 e. The van der Waals surface area contributed by atoms with Crippen molar-refractivity contribution in [1.29, 1.82) is 0 Å². The molecule has 2 fully saturated rings. The van der Waals surface area contributed by atoms with Crippen molar-refractivity contribution in [1.82, 2.24) is 4.90 Å². The molecule has 1 spiro atoms. The van der Waals surface area contributed by atoms with E-state index in [0.29, 0.717) is 13.2 Å². The lowest BCUT2D eigenvalue weighted by atomic mass is 9.80. The van der Waals surface area contributed by atoms with Gasteiger partial charge in [-0.15, -0.1) is 0 Å². The van der Waals surface area contributed by atoms with Gasteiger partial charge < -0.3 is 14.4 Å². The van der Waals surface area contributed by atoms with Crippen LogP contribution in [0.3, 0.4) is 0 Å². The van der Waals surface area contributed by atoms with Crippen molar-refractivity contribution in [3.05, 3.63) is 34.9 Å². The van der Waals surface area contributed by atoms with E-state index in [-0.39, 0.29) is 11.3 Å². The molecule has 114 valence electrons. The van der Waals surface area contributed by atoms with Crippen molar-refractivity contribution in [2.45, 2.75) is 33.5 Å². The number of carbonyl (C=O) groups is 1. The fraction of sp³-hybridized carbons (Fsp3) is 0.588. The zero-order valence-corrected chi connectivity index (χ0v) is 13.2. The quantitative estimate of drug-likeness (QED) is 0.797. The summed E-state index contributed by atoms with van der Waals surface area (Å²) in [6.45, 7) is 10.7. The van der Waals surface area contributed by atoms with Crippen molar-refractivity contribution in [2.75, 3.05) is 26.3 Å². The summed E-state index contributed by atoms with van der Waals surface area (Å²) in [7, 11) is 0. The Kier molecular flexibility index (Phi) is 3.34. The molecule has 0 aliphatic carbocycles. The number of aryl methyl sites for hydroxylation is 2. The molecule has 4 nitrogen and oxygen atoms in total. The van der Waals surface area contributed by atoms with Crippen molar-refractivity contribution >= 4 is 5.91 Å². The summed E-state index contributed by atoms with van der Waals surface area (Å²) in [6, 6.07) is 5.99. The van der Waals surface area contributed by atoms with E-state index in [1.807, 2.05) is 44.7 Å². The molecule has 0 radical (unpaired) electrons. The van der Waals surface area contributed by atoms with Crippen LogP contribution in [-0.2, 0) is 9.47 Å². The predicted molar refractivity (Wildman–Crippen MR) is 80.2 cm³/mol. The second kappa shape index (κ2) is 4.82. The van der Waals surface area contributed by atoms with E-state index in [9.17, 15) is 4.79 Å². The lowest BCUT2D eigenvalue weighted by Crippen LogP contribution is -2.65. The molecule has 0 aromatic heterocycles. The van der Waals surface area contributed by atoms with Crippen LogP contribution in [0, 0.1) is 19.3 Å². The summed E-state index contributed by atoms with van der Waals surface area (Å²) in [5, 5.41) is 0. The summed E-state index contributed by atoms with van der Waals surface area (Å²) >= 11 is 0. The van der Waals surface area contributed by atoms with Crippen molar-refractivity contribution in [3.8, 4) is 0 Å². The van der Waals surface area contributed by atoms with Crippen molar-refractivity contribution < 1.29 is 14.3 Å². The van der Waals surface area contributed by atoms with Crippen LogP contribution >= 0.6 is 0 Å². The van der Waals surface area contributed by atoms with E-state index in [1.165, 1.54) is 0 Å². The SMILES string of the molecule is Cc1cc(C)cc(C(=O)N2CC3(COC(C)(C)OC3)C2)c1. The third-order valence-electron chi connectivity index (χ3n) is 4.26. The average Bonchev–Trinajstić information content (AvgIpc) is 2.35. The molecule has 2 saturated heterocycles. The Bertz CT molecular complexity index is 541. The van der Waals surface area contributed by atoms with Crippen LogP contribution in [0.2, 0.25) is 0 Å². The monoisotopic (exact) mass is 289 g/mol. The van der Waals surface area contributed by atoms with Gasteiger partial charge in [0, 0.05) is 18.7 Å². The molecule has 2 aliphatic rings. The number of hydrogen-bond acceptors (Lipinski definition) is 3. The van der Waals surface area contributed by atoms with Crippen LogP contribution < -0.4 is 0 Å². The van der Waals surface area contributed by atoms with Crippen LogP contribution in [-0.4, -0.2) is 42.9 Å². The van der Waals surface area contributed by atoms with Gasteiger partial charge in [0.25, 0.3) is 5.91 Å². The summed E-state index contributed by atoms with van der Waals surface area (Å²) in [5.74, 6) is -0.388. The minimum atomic E-state index is -0.497. The second-order valence-corrected chi connectivity index (χ2v) is 7.01. The first-order valence-corrected chi connectivity index (χ1v) is 7.44. The van der Waals surface area contributed by atoms with E-state index in [2.05, 4.69) is 6.07 Å². The van der Waals surface area contributed by atoms with Gasteiger partial charge in [0.05, 0.1) is 18.6 Å². The maximum atomic E-state index is 12.5. The predicted octanol–water partition coefficient (Wildman–Crippen LogP) is 2.53. The summed E-state index contributed by atoms with van der Waals surface area (Å²) < 4.78 is 11.5. The summed E-state index contributed by atoms with van der Waals surface area (Å²) in [5.41, 5.74) is 3.02. The van der Waals surface area contributed by atoms with Gasteiger partial charge in [-0.25, -0.2) is 0 Å². The number of nitrogens with zero attached hydrogens (tertiary/aromatic N) is 1. The second-order valence-electron chi connectivity index (χ2n) is 7.01. The molecular formula is C17H23NO3.